The van der Waals surface area contributed by atoms with Gasteiger partial charge in [-0.3, -0.25) is 0 Å². The first-order valence-corrected chi connectivity index (χ1v) is 9.63. The number of nitrogens with zero attached hydrogens (tertiary/aromatic N) is 2. The molecule has 22 heavy (non-hydrogen) atoms. The monoisotopic (exact) mass is 302 g/mol. The fourth-order valence-electron chi connectivity index (χ4n) is 3.75. The summed E-state index contributed by atoms with van der Waals surface area (Å²) in [7, 11) is 0. The Morgan fingerprint density at radius 2 is 1.36 bits per heavy atom. The summed E-state index contributed by atoms with van der Waals surface area (Å²) in [6.07, 6.45) is 16.1. The Labute approximate surface area is 137 Å². The zero-order chi connectivity index (χ0) is 15.6. The van der Waals surface area contributed by atoms with E-state index in [0.717, 1.165) is 36.8 Å². The Kier molecular flexibility index (Phi) is 7.90. The maximum Gasteiger partial charge on any atom is 0.0631 e. The molecular weight excluding hydrogens is 268 g/mol. The highest BCUT2D eigenvalue weighted by Gasteiger charge is 2.20. The van der Waals surface area contributed by atoms with Crippen LogP contribution < -0.4 is 0 Å². The van der Waals surface area contributed by atoms with Crippen LogP contribution >= 0.6 is 0 Å². The molecule has 0 N–H and O–H groups in total. The van der Waals surface area contributed by atoms with Crippen molar-refractivity contribution in [3.05, 3.63) is 23.5 Å². The number of aryl methyl sites for hydroxylation is 2. The summed E-state index contributed by atoms with van der Waals surface area (Å²) in [5, 5.41) is 8.73. The van der Waals surface area contributed by atoms with Crippen molar-refractivity contribution in [2.24, 2.45) is 11.8 Å². The van der Waals surface area contributed by atoms with Crippen LogP contribution in [0.3, 0.4) is 0 Å². The summed E-state index contributed by atoms with van der Waals surface area (Å²) in [4.78, 5) is 0. The zero-order valence-electron chi connectivity index (χ0n) is 14.7. The molecule has 1 heterocycles. The molecule has 1 saturated carbocycles. The highest BCUT2D eigenvalue weighted by molar-refractivity contribution is 5.07. The quantitative estimate of drug-likeness (QED) is 0.543. The summed E-state index contributed by atoms with van der Waals surface area (Å²) >= 11 is 0. The smallest absolute Gasteiger partial charge is 0.0631 e. The van der Waals surface area contributed by atoms with Gasteiger partial charge in [-0.25, -0.2) is 0 Å². The van der Waals surface area contributed by atoms with Crippen molar-refractivity contribution in [1.82, 2.24) is 10.2 Å². The molecule has 0 radical (unpaired) electrons. The maximum absolute atomic E-state index is 4.40. The molecule has 0 saturated heterocycles. The highest BCUT2D eigenvalue weighted by Crippen LogP contribution is 2.34. The predicted molar refractivity (Wildman–Crippen MR) is 93.9 cm³/mol. The highest BCUT2D eigenvalue weighted by atomic mass is 15.1. The molecule has 1 aliphatic carbocycles. The molecule has 0 spiro atoms. The molecule has 2 nitrogen and oxygen atoms in total. The Hall–Kier alpha value is -0.920. The van der Waals surface area contributed by atoms with E-state index in [9.17, 15) is 0 Å². The van der Waals surface area contributed by atoms with E-state index in [4.69, 9.17) is 0 Å². The van der Waals surface area contributed by atoms with E-state index >= 15 is 0 Å². The molecule has 1 aromatic heterocycles. The molecule has 0 bridgehead atoms. The fourth-order valence-corrected chi connectivity index (χ4v) is 3.75. The van der Waals surface area contributed by atoms with Crippen LogP contribution in [0.15, 0.2) is 12.1 Å². The number of hydrogen-bond donors (Lipinski definition) is 0. The molecule has 0 unspecified atom stereocenters. The molecule has 0 aromatic carbocycles. The van der Waals surface area contributed by atoms with E-state index in [1.807, 2.05) is 0 Å². The van der Waals surface area contributed by atoms with E-state index in [1.165, 1.54) is 63.5 Å². The lowest BCUT2D eigenvalue weighted by molar-refractivity contribution is 0.248. The predicted octanol–water partition coefficient (Wildman–Crippen LogP) is 5.75. The Bertz CT molecular complexity index is 391. The topological polar surface area (TPSA) is 25.8 Å². The average Bonchev–Trinajstić information content (AvgIpc) is 2.56. The fraction of sp³-hybridized carbons (Fsp3) is 0.800. The SMILES string of the molecule is CCCCC[C@H]1CC[C@H](CCc2ccc(CCC)nn2)CC1. The van der Waals surface area contributed by atoms with Gasteiger partial charge in [0.2, 0.25) is 0 Å². The summed E-state index contributed by atoms with van der Waals surface area (Å²) in [6, 6.07) is 4.35. The van der Waals surface area contributed by atoms with E-state index in [1.54, 1.807) is 0 Å². The third-order valence-electron chi connectivity index (χ3n) is 5.27. The van der Waals surface area contributed by atoms with Crippen LogP contribution in [0.2, 0.25) is 0 Å². The molecule has 124 valence electrons. The van der Waals surface area contributed by atoms with E-state index in [-0.39, 0.29) is 0 Å². The lowest BCUT2D eigenvalue weighted by atomic mass is 9.78. The minimum absolute atomic E-state index is 0.930. The van der Waals surface area contributed by atoms with Gasteiger partial charge in [0.15, 0.2) is 0 Å². The van der Waals surface area contributed by atoms with Crippen LogP contribution in [0, 0.1) is 11.8 Å². The van der Waals surface area contributed by atoms with Crippen LogP contribution in [0.25, 0.3) is 0 Å². The molecule has 2 rings (SSSR count). The van der Waals surface area contributed by atoms with E-state index in [0.29, 0.717) is 0 Å². The Morgan fingerprint density at radius 3 is 1.91 bits per heavy atom. The normalized spacial score (nSPS) is 21.9. The number of aromatic nitrogens is 2. The van der Waals surface area contributed by atoms with Gasteiger partial charge in [-0.2, -0.15) is 10.2 Å². The summed E-state index contributed by atoms with van der Waals surface area (Å²) < 4.78 is 0. The number of rotatable bonds is 9. The molecule has 0 aliphatic heterocycles. The Morgan fingerprint density at radius 1 is 0.773 bits per heavy atom. The van der Waals surface area contributed by atoms with Crippen molar-refractivity contribution in [2.75, 3.05) is 0 Å². The first kappa shape index (κ1) is 17.4. The van der Waals surface area contributed by atoms with Gasteiger partial charge < -0.3 is 0 Å². The lowest BCUT2D eigenvalue weighted by Gasteiger charge is -2.28. The first-order valence-electron chi connectivity index (χ1n) is 9.63. The van der Waals surface area contributed by atoms with Crippen molar-refractivity contribution in [3.8, 4) is 0 Å². The molecule has 1 fully saturated rings. The average molecular weight is 303 g/mol. The molecular formula is C20H34N2. The summed E-state index contributed by atoms with van der Waals surface area (Å²) in [5.74, 6) is 1.95. The lowest BCUT2D eigenvalue weighted by Crippen LogP contribution is -2.15. The minimum atomic E-state index is 0.930. The first-order chi connectivity index (χ1) is 10.8. The standard InChI is InChI=1S/C20H34N2/c1-3-5-6-8-17-9-11-18(12-10-17)13-14-20-16-15-19(7-4-2)21-22-20/h15-18H,3-14H2,1-2H3/t17-,18-. The van der Waals surface area contributed by atoms with Gasteiger partial charge in [-0.1, -0.05) is 71.6 Å². The Balaban J connectivity index is 1.64. The molecule has 2 heteroatoms. The van der Waals surface area contributed by atoms with Gasteiger partial charge in [0, 0.05) is 0 Å². The van der Waals surface area contributed by atoms with Crippen LogP contribution in [-0.4, -0.2) is 10.2 Å². The second-order valence-corrected chi connectivity index (χ2v) is 7.19. The van der Waals surface area contributed by atoms with Gasteiger partial charge in [0.05, 0.1) is 11.4 Å². The summed E-state index contributed by atoms with van der Waals surface area (Å²) in [6.45, 7) is 4.49. The van der Waals surface area contributed by atoms with Crippen molar-refractivity contribution in [1.29, 1.82) is 0 Å². The summed E-state index contributed by atoms with van der Waals surface area (Å²) in [5.41, 5.74) is 2.32. The van der Waals surface area contributed by atoms with Crippen molar-refractivity contribution < 1.29 is 0 Å². The maximum atomic E-state index is 4.40. The third-order valence-corrected chi connectivity index (χ3v) is 5.27. The molecule has 1 aromatic rings. The minimum Gasteiger partial charge on any atom is -0.155 e. The van der Waals surface area contributed by atoms with Crippen LogP contribution in [-0.2, 0) is 12.8 Å². The van der Waals surface area contributed by atoms with Crippen LogP contribution in [0.4, 0.5) is 0 Å². The zero-order valence-corrected chi connectivity index (χ0v) is 14.7. The number of hydrogen-bond acceptors (Lipinski definition) is 2. The van der Waals surface area contributed by atoms with Gasteiger partial charge in [-0.15, -0.1) is 0 Å². The van der Waals surface area contributed by atoms with Crippen LogP contribution in [0.1, 0.15) is 89.4 Å². The molecule has 1 aliphatic rings. The van der Waals surface area contributed by atoms with Crippen molar-refractivity contribution >= 4 is 0 Å². The van der Waals surface area contributed by atoms with Gasteiger partial charge in [0.1, 0.15) is 0 Å². The van der Waals surface area contributed by atoms with Crippen LogP contribution in [0.5, 0.6) is 0 Å². The van der Waals surface area contributed by atoms with Gasteiger partial charge in [0.25, 0.3) is 0 Å². The van der Waals surface area contributed by atoms with Gasteiger partial charge >= 0.3 is 0 Å². The largest absolute Gasteiger partial charge is 0.155 e. The third kappa shape index (κ3) is 6.06. The second kappa shape index (κ2) is 9.97. The van der Waals surface area contributed by atoms with Crippen molar-refractivity contribution in [2.45, 2.75) is 90.9 Å². The molecule has 0 atom stereocenters. The van der Waals surface area contributed by atoms with E-state index < -0.39 is 0 Å². The number of unbranched alkanes of at least 4 members (excludes halogenated alkanes) is 2. The van der Waals surface area contributed by atoms with Crippen molar-refractivity contribution in [3.63, 3.8) is 0 Å². The second-order valence-electron chi connectivity index (χ2n) is 7.19. The van der Waals surface area contributed by atoms with Gasteiger partial charge in [-0.05, 0) is 43.2 Å². The molecule has 0 amide bonds. The van der Waals surface area contributed by atoms with E-state index in [2.05, 4.69) is 36.2 Å².